The molecule has 31 heavy (non-hydrogen) atoms. The Balaban J connectivity index is 1.40. The maximum atomic E-state index is 12.4. The van der Waals surface area contributed by atoms with Crippen molar-refractivity contribution >= 4 is 23.2 Å². The summed E-state index contributed by atoms with van der Waals surface area (Å²) in [5, 5.41) is 6.05. The molecule has 0 aliphatic carbocycles. The van der Waals surface area contributed by atoms with Gasteiger partial charge in [0.2, 0.25) is 5.95 Å². The van der Waals surface area contributed by atoms with E-state index in [1.807, 2.05) is 49.4 Å². The van der Waals surface area contributed by atoms with Gasteiger partial charge in [-0.2, -0.15) is 0 Å². The molecule has 1 amide bonds. The average Bonchev–Trinajstić information content (AvgIpc) is 2.80. The first-order valence-corrected chi connectivity index (χ1v) is 9.84. The van der Waals surface area contributed by atoms with Gasteiger partial charge in [-0.15, -0.1) is 0 Å². The smallest absolute Gasteiger partial charge is 0.255 e. The highest BCUT2D eigenvalue weighted by atomic mass is 16.1. The van der Waals surface area contributed by atoms with Gasteiger partial charge in [-0.1, -0.05) is 24.3 Å². The monoisotopic (exact) mass is 410 g/mol. The molecular weight excluding hydrogens is 388 g/mol. The molecule has 0 aliphatic heterocycles. The van der Waals surface area contributed by atoms with Crippen LogP contribution in [-0.4, -0.2) is 20.9 Å². The van der Waals surface area contributed by atoms with Crippen molar-refractivity contribution in [3.05, 3.63) is 95.9 Å². The minimum absolute atomic E-state index is 0.208. The van der Waals surface area contributed by atoms with E-state index in [1.54, 1.807) is 36.7 Å². The number of hydrogen-bond donors (Lipinski definition) is 3. The molecule has 0 fully saturated rings. The van der Waals surface area contributed by atoms with Crippen LogP contribution in [0.5, 0.6) is 0 Å². The third kappa shape index (κ3) is 4.84. The minimum atomic E-state index is -0.208. The largest absolute Gasteiger partial charge is 0.397 e. The summed E-state index contributed by atoms with van der Waals surface area (Å²) < 4.78 is 0. The number of benzene rings is 2. The summed E-state index contributed by atoms with van der Waals surface area (Å²) in [6.45, 7) is 2.48. The Hall–Kier alpha value is -4.26. The van der Waals surface area contributed by atoms with Gasteiger partial charge in [0.05, 0.1) is 17.1 Å². The summed E-state index contributed by atoms with van der Waals surface area (Å²) in [7, 11) is 0. The van der Waals surface area contributed by atoms with Gasteiger partial charge in [0, 0.05) is 35.8 Å². The number of nitrogens with zero attached hydrogens (tertiary/aromatic N) is 3. The minimum Gasteiger partial charge on any atom is -0.397 e. The number of nitrogen functional groups attached to an aromatic ring is 1. The zero-order valence-corrected chi connectivity index (χ0v) is 17.0. The Morgan fingerprint density at radius 3 is 2.52 bits per heavy atom. The molecule has 0 radical (unpaired) electrons. The maximum absolute atomic E-state index is 12.4. The summed E-state index contributed by atoms with van der Waals surface area (Å²) in [6, 6.07) is 20.3. The molecule has 0 bridgehead atoms. The molecule has 0 spiro atoms. The van der Waals surface area contributed by atoms with Crippen LogP contribution in [-0.2, 0) is 6.54 Å². The van der Waals surface area contributed by atoms with Crippen molar-refractivity contribution in [2.45, 2.75) is 13.5 Å². The van der Waals surface area contributed by atoms with Crippen LogP contribution < -0.4 is 16.4 Å². The second-order valence-electron chi connectivity index (χ2n) is 6.99. The van der Waals surface area contributed by atoms with Crippen LogP contribution in [0.2, 0.25) is 0 Å². The van der Waals surface area contributed by atoms with Gasteiger partial charge in [-0.05, 0) is 55.0 Å². The molecule has 0 aliphatic rings. The highest BCUT2D eigenvalue weighted by molar-refractivity contribution is 6.05. The Kier molecular flexibility index (Phi) is 5.84. The Bertz CT molecular complexity index is 1210. The van der Waals surface area contributed by atoms with Crippen molar-refractivity contribution in [1.29, 1.82) is 0 Å². The molecule has 0 saturated heterocycles. The normalized spacial score (nSPS) is 10.5. The van der Waals surface area contributed by atoms with E-state index in [9.17, 15) is 4.79 Å². The molecule has 4 aromatic rings. The number of nitrogens with two attached hydrogens (primary N) is 1. The molecule has 4 N–H and O–H groups in total. The van der Waals surface area contributed by atoms with Gasteiger partial charge in [-0.25, -0.2) is 9.97 Å². The lowest BCUT2D eigenvalue weighted by molar-refractivity contribution is 0.102. The standard InChI is InChI=1S/C24H22N6O/c1-16-19(5-4-13-26-16)21-12-14-27-24(30-21)28-15-17-8-10-18(11-9-17)23(31)29-22-7-3-2-6-20(22)25/h2-14H,15,25H2,1H3,(H,29,31)(H,27,28,30). The SMILES string of the molecule is Cc1ncccc1-c1ccnc(NCc2ccc(C(=O)Nc3ccccc3N)cc2)n1. The highest BCUT2D eigenvalue weighted by Crippen LogP contribution is 2.20. The van der Waals surface area contributed by atoms with Crippen LogP contribution in [0.4, 0.5) is 17.3 Å². The first kappa shape index (κ1) is 20.0. The first-order valence-electron chi connectivity index (χ1n) is 9.84. The lowest BCUT2D eigenvalue weighted by atomic mass is 10.1. The lowest BCUT2D eigenvalue weighted by Gasteiger charge is -2.10. The number of nitrogens with one attached hydrogen (secondary N) is 2. The number of carbonyl (C=O) groups is 1. The molecule has 4 rings (SSSR count). The molecule has 154 valence electrons. The quantitative estimate of drug-likeness (QED) is 0.409. The molecule has 7 nitrogen and oxygen atoms in total. The number of amides is 1. The molecular formula is C24H22N6O. The molecule has 7 heteroatoms. The van der Waals surface area contributed by atoms with E-state index in [0.717, 1.165) is 22.5 Å². The van der Waals surface area contributed by atoms with Crippen LogP contribution in [0.25, 0.3) is 11.3 Å². The third-order valence-electron chi connectivity index (χ3n) is 4.81. The van der Waals surface area contributed by atoms with E-state index >= 15 is 0 Å². The Morgan fingerprint density at radius 1 is 0.935 bits per heavy atom. The van der Waals surface area contributed by atoms with Crippen molar-refractivity contribution in [2.24, 2.45) is 0 Å². The van der Waals surface area contributed by atoms with Crippen molar-refractivity contribution in [3.63, 3.8) is 0 Å². The number of carbonyl (C=O) groups excluding carboxylic acids is 1. The molecule has 2 aromatic heterocycles. The van der Waals surface area contributed by atoms with Crippen LogP contribution in [0.15, 0.2) is 79.1 Å². The van der Waals surface area contributed by atoms with E-state index in [4.69, 9.17) is 5.73 Å². The van der Waals surface area contributed by atoms with Crippen molar-refractivity contribution in [2.75, 3.05) is 16.4 Å². The average molecular weight is 410 g/mol. The van der Waals surface area contributed by atoms with Crippen molar-refractivity contribution < 1.29 is 4.79 Å². The number of anilines is 3. The molecule has 0 saturated carbocycles. The van der Waals surface area contributed by atoms with Gasteiger partial charge in [0.1, 0.15) is 0 Å². The van der Waals surface area contributed by atoms with E-state index < -0.39 is 0 Å². The van der Waals surface area contributed by atoms with E-state index in [2.05, 4.69) is 25.6 Å². The summed E-state index contributed by atoms with van der Waals surface area (Å²) in [5.74, 6) is 0.322. The molecule has 2 heterocycles. The van der Waals surface area contributed by atoms with Crippen LogP contribution in [0.3, 0.4) is 0 Å². The summed E-state index contributed by atoms with van der Waals surface area (Å²) in [6.07, 6.45) is 3.48. The molecule has 0 unspecified atom stereocenters. The number of aromatic nitrogens is 3. The van der Waals surface area contributed by atoms with E-state index in [-0.39, 0.29) is 5.91 Å². The van der Waals surface area contributed by atoms with Gasteiger partial charge >= 0.3 is 0 Å². The lowest BCUT2D eigenvalue weighted by Crippen LogP contribution is -2.13. The second-order valence-corrected chi connectivity index (χ2v) is 6.99. The zero-order valence-electron chi connectivity index (χ0n) is 17.0. The predicted molar refractivity (Wildman–Crippen MR) is 123 cm³/mol. The number of rotatable bonds is 6. The third-order valence-corrected chi connectivity index (χ3v) is 4.81. The van der Waals surface area contributed by atoms with Crippen LogP contribution in [0.1, 0.15) is 21.6 Å². The van der Waals surface area contributed by atoms with Crippen molar-refractivity contribution in [1.82, 2.24) is 15.0 Å². The van der Waals surface area contributed by atoms with E-state index in [0.29, 0.717) is 29.4 Å². The van der Waals surface area contributed by atoms with Gasteiger partial charge in [-0.3, -0.25) is 9.78 Å². The van der Waals surface area contributed by atoms with Gasteiger partial charge in [0.15, 0.2) is 0 Å². The first-order chi connectivity index (χ1) is 15.1. The highest BCUT2D eigenvalue weighted by Gasteiger charge is 2.09. The Morgan fingerprint density at radius 2 is 1.74 bits per heavy atom. The number of pyridine rings is 1. The summed E-state index contributed by atoms with van der Waals surface area (Å²) in [4.78, 5) is 25.6. The topological polar surface area (TPSA) is 106 Å². The number of hydrogen-bond acceptors (Lipinski definition) is 6. The van der Waals surface area contributed by atoms with Gasteiger partial charge < -0.3 is 16.4 Å². The van der Waals surface area contributed by atoms with Gasteiger partial charge in [0.25, 0.3) is 5.91 Å². The molecule has 2 aromatic carbocycles. The zero-order chi connectivity index (χ0) is 21.6. The number of aryl methyl sites for hydroxylation is 1. The fraction of sp³-hybridized carbons (Fsp3) is 0.0833. The fourth-order valence-corrected chi connectivity index (χ4v) is 3.11. The maximum Gasteiger partial charge on any atom is 0.255 e. The fourth-order valence-electron chi connectivity index (χ4n) is 3.11. The predicted octanol–water partition coefficient (Wildman–Crippen LogP) is 4.29. The Labute approximate surface area is 180 Å². The number of para-hydroxylation sites is 2. The van der Waals surface area contributed by atoms with Crippen molar-refractivity contribution in [3.8, 4) is 11.3 Å². The molecule has 0 atom stereocenters. The summed E-state index contributed by atoms with van der Waals surface area (Å²) in [5.41, 5.74) is 11.3. The van der Waals surface area contributed by atoms with Crippen LogP contribution >= 0.6 is 0 Å². The van der Waals surface area contributed by atoms with Crippen LogP contribution in [0, 0.1) is 6.92 Å². The summed E-state index contributed by atoms with van der Waals surface area (Å²) >= 11 is 0. The second kappa shape index (κ2) is 9.04. The van der Waals surface area contributed by atoms with E-state index in [1.165, 1.54) is 0 Å².